The second-order valence-electron chi connectivity index (χ2n) is 5.62. The highest BCUT2D eigenvalue weighted by molar-refractivity contribution is 14.0. The molecule has 118 valence electrons. The molecule has 0 aromatic rings. The summed E-state index contributed by atoms with van der Waals surface area (Å²) in [5.41, 5.74) is 10.1. The number of rotatable bonds is 3. The Morgan fingerprint density at radius 2 is 1.75 bits per heavy atom. The largest absolute Gasteiger partial charge is 0.444 e. The Hall–Kier alpha value is -0.770. The molecule has 0 aromatic heterocycles. The zero-order valence-electron chi connectivity index (χ0n) is 12.5. The fourth-order valence-electron chi connectivity index (χ4n) is 1.80. The predicted molar refractivity (Wildman–Crippen MR) is 90.3 cm³/mol. The van der Waals surface area contributed by atoms with Crippen LogP contribution in [0.1, 0.15) is 20.8 Å². The molecular formula is C12H26IN5O2. The van der Waals surface area contributed by atoms with E-state index in [1.807, 2.05) is 20.8 Å². The number of nitrogens with zero attached hydrogens (tertiary/aromatic N) is 3. The van der Waals surface area contributed by atoms with Gasteiger partial charge >= 0.3 is 6.09 Å². The molecule has 4 N–H and O–H groups in total. The first-order chi connectivity index (χ1) is 8.78. The first-order valence-electron chi connectivity index (χ1n) is 6.53. The fourth-order valence-corrected chi connectivity index (χ4v) is 1.80. The molecule has 0 aliphatic carbocycles. The van der Waals surface area contributed by atoms with E-state index < -0.39 is 5.60 Å². The molecule has 8 heteroatoms. The van der Waals surface area contributed by atoms with Crippen LogP contribution < -0.4 is 11.5 Å². The van der Waals surface area contributed by atoms with Gasteiger partial charge < -0.3 is 21.1 Å². The first-order valence-corrected chi connectivity index (χ1v) is 6.53. The van der Waals surface area contributed by atoms with Crippen LogP contribution in [0, 0.1) is 0 Å². The minimum Gasteiger partial charge on any atom is -0.444 e. The van der Waals surface area contributed by atoms with Crippen molar-refractivity contribution in [2.75, 3.05) is 39.3 Å². The van der Waals surface area contributed by atoms with Crippen molar-refractivity contribution in [2.45, 2.75) is 26.4 Å². The number of guanidine groups is 1. The zero-order chi connectivity index (χ0) is 14.5. The van der Waals surface area contributed by atoms with Crippen LogP contribution in [0.25, 0.3) is 0 Å². The lowest BCUT2D eigenvalue weighted by Gasteiger charge is -2.35. The standard InChI is InChI=1S/C12H25N5O2.HI/c1-12(2,3)19-11(18)17-8-6-16(7-9-17)5-4-15-10(13)14;/h4-9H2,1-3H3,(H4,13,14,15);1H. The number of amides is 1. The van der Waals surface area contributed by atoms with Gasteiger partial charge in [-0.05, 0) is 20.8 Å². The second kappa shape index (κ2) is 8.50. The highest BCUT2D eigenvalue weighted by Gasteiger charge is 2.25. The third-order valence-corrected chi connectivity index (χ3v) is 2.73. The van der Waals surface area contributed by atoms with Crippen molar-refractivity contribution in [1.29, 1.82) is 0 Å². The summed E-state index contributed by atoms with van der Waals surface area (Å²) in [5, 5.41) is 0. The maximum Gasteiger partial charge on any atom is 0.410 e. The van der Waals surface area contributed by atoms with Crippen molar-refractivity contribution >= 4 is 36.0 Å². The Bertz CT molecular complexity index is 331. The van der Waals surface area contributed by atoms with E-state index in [1.54, 1.807) is 4.90 Å². The Balaban J connectivity index is 0.00000361. The van der Waals surface area contributed by atoms with E-state index in [2.05, 4.69) is 9.89 Å². The zero-order valence-corrected chi connectivity index (χ0v) is 14.8. The van der Waals surface area contributed by atoms with Crippen LogP contribution >= 0.6 is 24.0 Å². The van der Waals surface area contributed by atoms with Gasteiger partial charge in [0.1, 0.15) is 5.60 Å². The van der Waals surface area contributed by atoms with Gasteiger partial charge in [0.25, 0.3) is 0 Å². The van der Waals surface area contributed by atoms with Gasteiger partial charge in [0, 0.05) is 32.7 Å². The molecular weight excluding hydrogens is 373 g/mol. The summed E-state index contributed by atoms with van der Waals surface area (Å²) in [5.74, 6) is 0.118. The van der Waals surface area contributed by atoms with E-state index in [-0.39, 0.29) is 36.0 Å². The number of carbonyl (C=O) groups excluding carboxylic acids is 1. The van der Waals surface area contributed by atoms with E-state index >= 15 is 0 Å². The van der Waals surface area contributed by atoms with Gasteiger partial charge in [-0.2, -0.15) is 0 Å². The van der Waals surface area contributed by atoms with Crippen LogP contribution in [0.3, 0.4) is 0 Å². The number of carbonyl (C=O) groups is 1. The molecule has 7 nitrogen and oxygen atoms in total. The molecule has 0 bridgehead atoms. The Labute approximate surface area is 137 Å². The molecule has 0 atom stereocenters. The molecule has 1 rings (SSSR count). The first kappa shape index (κ1) is 19.2. The number of halogens is 1. The van der Waals surface area contributed by atoms with Crippen LogP contribution in [0.15, 0.2) is 4.99 Å². The fraction of sp³-hybridized carbons (Fsp3) is 0.833. The summed E-state index contributed by atoms with van der Waals surface area (Å²) in [6.45, 7) is 10.0. The average molecular weight is 399 g/mol. The molecule has 1 aliphatic rings. The minimum absolute atomic E-state index is 0. The summed E-state index contributed by atoms with van der Waals surface area (Å²) in [6.07, 6.45) is -0.239. The number of piperazine rings is 1. The van der Waals surface area contributed by atoms with Gasteiger partial charge in [0.05, 0.1) is 6.54 Å². The van der Waals surface area contributed by atoms with Crippen molar-refractivity contribution < 1.29 is 9.53 Å². The van der Waals surface area contributed by atoms with Crippen molar-refractivity contribution in [1.82, 2.24) is 9.80 Å². The number of hydrogen-bond donors (Lipinski definition) is 2. The molecule has 1 amide bonds. The van der Waals surface area contributed by atoms with Crippen LogP contribution in [0.4, 0.5) is 4.79 Å². The molecule has 0 saturated carbocycles. The molecule has 1 heterocycles. The molecule has 0 aromatic carbocycles. The van der Waals surface area contributed by atoms with E-state index in [0.717, 1.165) is 19.6 Å². The van der Waals surface area contributed by atoms with Crippen molar-refractivity contribution in [2.24, 2.45) is 16.5 Å². The molecule has 1 saturated heterocycles. The number of aliphatic imine (C=N–C) groups is 1. The van der Waals surface area contributed by atoms with Crippen LogP contribution in [-0.2, 0) is 4.74 Å². The maximum atomic E-state index is 11.9. The Morgan fingerprint density at radius 3 is 2.20 bits per heavy atom. The summed E-state index contributed by atoms with van der Waals surface area (Å²) in [4.78, 5) is 19.8. The summed E-state index contributed by atoms with van der Waals surface area (Å²) in [6, 6.07) is 0. The molecule has 0 spiro atoms. The topological polar surface area (TPSA) is 97.2 Å². The molecule has 20 heavy (non-hydrogen) atoms. The smallest absolute Gasteiger partial charge is 0.410 e. The second-order valence-corrected chi connectivity index (χ2v) is 5.62. The highest BCUT2D eigenvalue weighted by Crippen LogP contribution is 2.11. The van der Waals surface area contributed by atoms with Gasteiger partial charge in [-0.25, -0.2) is 4.79 Å². The van der Waals surface area contributed by atoms with E-state index in [0.29, 0.717) is 19.6 Å². The SMILES string of the molecule is CC(C)(C)OC(=O)N1CCN(CCN=C(N)N)CC1.I. The number of hydrogen-bond acceptors (Lipinski definition) is 4. The van der Waals surface area contributed by atoms with Crippen LogP contribution in [0.2, 0.25) is 0 Å². The van der Waals surface area contributed by atoms with Crippen molar-refractivity contribution in [3.63, 3.8) is 0 Å². The molecule has 0 unspecified atom stereocenters. The lowest BCUT2D eigenvalue weighted by Crippen LogP contribution is -2.50. The summed E-state index contributed by atoms with van der Waals surface area (Å²) >= 11 is 0. The number of ether oxygens (including phenoxy) is 1. The molecule has 1 aliphatic heterocycles. The van der Waals surface area contributed by atoms with E-state index in [9.17, 15) is 4.79 Å². The van der Waals surface area contributed by atoms with Crippen LogP contribution in [0.5, 0.6) is 0 Å². The normalized spacial score (nSPS) is 16.2. The van der Waals surface area contributed by atoms with Gasteiger partial charge in [-0.3, -0.25) is 9.89 Å². The van der Waals surface area contributed by atoms with Crippen LogP contribution in [-0.4, -0.2) is 66.7 Å². The average Bonchev–Trinajstić information content (AvgIpc) is 2.27. The van der Waals surface area contributed by atoms with Gasteiger partial charge in [-0.1, -0.05) is 0 Å². The Kier molecular flexibility index (Phi) is 8.17. The molecule has 0 radical (unpaired) electrons. The van der Waals surface area contributed by atoms with E-state index in [1.165, 1.54) is 0 Å². The maximum absolute atomic E-state index is 11.9. The lowest BCUT2D eigenvalue weighted by molar-refractivity contribution is 0.0148. The van der Waals surface area contributed by atoms with Crippen molar-refractivity contribution in [3.8, 4) is 0 Å². The lowest BCUT2D eigenvalue weighted by atomic mass is 10.2. The Morgan fingerprint density at radius 1 is 1.20 bits per heavy atom. The van der Waals surface area contributed by atoms with Gasteiger partial charge in [0.15, 0.2) is 5.96 Å². The van der Waals surface area contributed by atoms with E-state index in [4.69, 9.17) is 16.2 Å². The monoisotopic (exact) mass is 399 g/mol. The summed E-state index contributed by atoms with van der Waals surface area (Å²) in [7, 11) is 0. The number of nitrogens with two attached hydrogens (primary N) is 2. The summed E-state index contributed by atoms with van der Waals surface area (Å²) < 4.78 is 5.34. The molecule has 1 fully saturated rings. The van der Waals surface area contributed by atoms with Gasteiger partial charge in [0.2, 0.25) is 0 Å². The predicted octanol–water partition coefficient (Wildman–Crippen LogP) is 0.431. The third kappa shape index (κ3) is 7.73. The quantitative estimate of drug-likeness (QED) is 0.408. The minimum atomic E-state index is -0.443. The third-order valence-electron chi connectivity index (χ3n) is 2.73. The highest BCUT2D eigenvalue weighted by atomic mass is 127. The van der Waals surface area contributed by atoms with Crippen molar-refractivity contribution in [3.05, 3.63) is 0 Å². The van der Waals surface area contributed by atoms with Gasteiger partial charge in [-0.15, -0.1) is 24.0 Å².